The molecule has 1 N–H and O–H groups in total. The highest BCUT2D eigenvalue weighted by atomic mass is 16.6. The second-order valence-corrected chi connectivity index (χ2v) is 6.28. The summed E-state index contributed by atoms with van der Waals surface area (Å²) in [5, 5.41) is 20.3. The number of amides is 1. The summed E-state index contributed by atoms with van der Waals surface area (Å²) in [5.74, 6) is -0.657. The predicted molar refractivity (Wildman–Crippen MR) is 98.0 cm³/mol. The Balaban J connectivity index is 1.93. The summed E-state index contributed by atoms with van der Waals surface area (Å²) in [4.78, 5) is 36.0. The highest BCUT2D eigenvalue weighted by Crippen LogP contribution is 2.33. The second kappa shape index (κ2) is 7.55. The number of carbonyl (C=O) groups excluding carboxylic acids is 1. The monoisotopic (exact) mass is 386 g/mol. The molecular weight excluding hydrogens is 368 g/mol. The number of ether oxygens (including phenoxy) is 2. The van der Waals surface area contributed by atoms with Crippen LogP contribution in [0.3, 0.4) is 0 Å². The van der Waals surface area contributed by atoms with E-state index in [4.69, 9.17) is 9.47 Å². The Morgan fingerprint density at radius 1 is 1.04 bits per heavy atom. The number of aromatic carboxylic acids is 1. The van der Waals surface area contributed by atoms with Gasteiger partial charge in [0.1, 0.15) is 0 Å². The van der Waals surface area contributed by atoms with Crippen molar-refractivity contribution in [3.05, 3.63) is 62.7 Å². The lowest BCUT2D eigenvalue weighted by molar-refractivity contribution is -0.384. The van der Waals surface area contributed by atoms with Crippen LogP contribution >= 0.6 is 0 Å². The number of nitrogens with zero attached hydrogens (tertiary/aromatic N) is 2. The number of nitro groups is 1. The van der Waals surface area contributed by atoms with Crippen LogP contribution in [0, 0.1) is 10.1 Å². The van der Waals surface area contributed by atoms with E-state index in [9.17, 15) is 24.8 Å². The minimum absolute atomic E-state index is 0.0319. The van der Waals surface area contributed by atoms with E-state index in [-0.39, 0.29) is 17.7 Å². The van der Waals surface area contributed by atoms with Crippen molar-refractivity contribution in [3.8, 4) is 11.5 Å². The van der Waals surface area contributed by atoms with E-state index in [1.807, 2.05) is 6.07 Å². The molecule has 0 fully saturated rings. The zero-order valence-electron chi connectivity index (χ0n) is 15.3. The molecule has 1 aliphatic heterocycles. The van der Waals surface area contributed by atoms with Crippen LogP contribution in [0.15, 0.2) is 30.3 Å². The number of hydrogen-bond donors (Lipinski definition) is 1. The van der Waals surface area contributed by atoms with Crippen molar-refractivity contribution in [2.45, 2.75) is 13.0 Å². The van der Waals surface area contributed by atoms with Gasteiger partial charge in [-0.25, -0.2) is 4.79 Å². The van der Waals surface area contributed by atoms with E-state index in [2.05, 4.69) is 0 Å². The number of carbonyl (C=O) groups is 2. The van der Waals surface area contributed by atoms with Gasteiger partial charge in [-0.2, -0.15) is 0 Å². The second-order valence-electron chi connectivity index (χ2n) is 6.28. The number of rotatable bonds is 5. The fraction of sp³-hybridized carbons (Fsp3) is 0.263. The van der Waals surface area contributed by atoms with Crippen molar-refractivity contribution in [3.63, 3.8) is 0 Å². The largest absolute Gasteiger partial charge is 0.493 e. The summed E-state index contributed by atoms with van der Waals surface area (Å²) < 4.78 is 10.6. The van der Waals surface area contributed by atoms with E-state index < -0.39 is 22.5 Å². The van der Waals surface area contributed by atoms with E-state index in [0.717, 1.165) is 29.3 Å². The molecule has 0 bridgehead atoms. The molecule has 9 nitrogen and oxygen atoms in total. The number of nitro benzene ring substituents is 1. The van der Waals surface area contributed by atoms with E-state index in [0.29, 0.717) is 24.5 Å². The first-order valence-electron chi connectivity index (χ1n) is 8.40. The van der Waals surface area contributed by atoms with Gasteiger partial charge in [0.25, 0.3) is 11.6 Å². The van der Waals surface area contributed by atoms with Gasteiger partial charge in [-0.15, -0.1) is 0 Å². The molecule has 9 heteroatoms. The average molecular weight is 386 g/mol. The molecule has 2 aromatic rings. The summed E-state index contributed by atoms with van der Waals surface area (Å²) in [7, 11) is 3.07. The normalized spacial score (nSPS) is 12.9. The van der Waals surface area contributed by atoms with Crippen molar-refractivity contribution in [2.24, 2.45) is 0 Å². The van der Waals surface area contributed by atoms with Gasteiger partial charge in [0, 0.05) is 30.8 Å². The van der Waals surface area contributed by atoms with Crippen LogP contribution < -0.4 is 9.47 Å². The van der Waals surface area contributed by atoms with Gasteiger partial charge >= 0.3 is 5.97 Å². The quantitative estimate of drug-likeness (QED) is 0.619. The number of benzene rings is 2. The molecule has 0 aromatic heterocycles. The molecule has 0 unspecified atom stereocenters. The zero-order chi connectivity index (χ0) is 20.4. The summed E-state index contributed by atoms with van der Waals surface area (Å²) in [6.07, 6.45) is 0.572. The fourth-order valence-electron chi connectivity index (χ4n) is 3.20. The first-order chi connectivity index (χ1) is 13.3. The first-order valence-corrected chi connectivity index (χ1v) is 8.40. The van der Waals surface area contributed by atoms with Crippen LogP contribution in [0.2, 0.25) is 0 Å². The molecule has 1 amide bonds. The lowest BCUT2D eigenvalue weighted by Crippen LogP contribution is -2.36. The van der Waals surface area contributed by atoms with Crippen LogP contribution in [-0.4, -0.2) is 47.6 Å². The van der Waals surface area contributed by atoms with Crippen molar-refractivity contribution < 1.29 is 29.1 Å². The molecule has 2 aromatic carbocycles. The van der Waals surface area contributed by atoms with Crippen LogP contribution in [0.25, 0.3) is 0 Å². The van der Waals surface area contributed by atoms with Crippen molar-refractivity contribution >= 4 is 17.6 Å². The Kier molecular flexibility index (Phi) is 5.16. The number of hydrogen-bond acceptors (Lipinski definition) is 6. The first kappa shape index (κ1) is 19.2. The SMILES string of the molecule is COc1cc2c(cc1OC)CN(C(=O)c1cc(C(=O)O)cc([N+](=O)[O-])c1)CC2. The molecule has 146 valence electrons. The van der Waals surface area contributed by atoms with Crippen molar-refractivity contribution in [2.75, 3.05) is 20.8 Å². The molecule has 0 aliphatic carbocycles. The van der Waals surface area contributed by atoms with Gasteiger partial charge in [0.15, 0.2) is 11.5 Å². The Morgan fingerprint density at radius 2 is 1.64 bits per heavy atom. The van der Waals surface area contributed by atoms with Gasteiger partial charge in [0.2, 0.25) is 0 Å². The highest BCUT2D eigenvalue weighted by molar-refractivity contribution is 5.98. The molecule has 28 heavy (non-hydrogen) atoms. The van der Waals surface area contributed by atoms with Gasteiger partial charge < -0.3 is 19.5 Å². The third-order valence-corrected chi connectivity index (χ3v) is 4.63. The summed E-state index contributed by atoms with van der Waals surface area (Å²) in [6.45, 7) is 0.673. The van der Waals surface area contributed by atoms with Gasteiger partial charge in [0.05, 0.1) is 24.7 Å². The molecule has 0 saturated heterocycles. The van der Waals surface area contributed by atoms with E-state index in [1.165, 1.54) is 12.0 Å². The molecule has 1 heterocycles. The Bertz CT molecular complexity index is 939. The predicted octanol–water partition coefficient (Wildman–Crippen LogP) is 2.51. The van der Waals surface area contributed by atoms with E-state index in [1.54, 1.807) is 13.2 Å². The van der Waals surface area contributed by atoms with Crippen LogP contribution in [0.4, 0.5) is 5.69 Å². The molecule has 3 rings (SSSR count). The van der Waals surface area contributed by atoms with Gasteiger partial charge in [-0.1, -0.05) is 0 Å². The smallest absolute Gasteiger partial charge is 0.335 e. The van der Waals surface area contributed by atoms with Crippen molar-refractivity contribution in [1.29, 1.82) is 0 Å². The average Bonchev–Trinajstić information content (AvgIpc) is 2.71. The van der Waals surface area contributed by atoms with Crippen LogP contribution in [-0.2, 0) is 13.0 Å². The number of methoxy groups -OCH3 is 2. The standard InChI is InChI=1S/C19H18N2O7/c1-27-16-8-11-3-4-20(10-14(11)9-17(16)28-2)18(22)12-5-13(19(23)24)7-15(6-12)21(25)26/h5-9H,3-4,10H2,1-2H3,(H,23,24). The van der Waals surface area contributed by atoms with Gasteiger partial charge in [-0.3, -0.25) is 14.9 Å². The lowest BCUT2D eigenvalue weighted by atomic mass is 9.98. The maximum Gasteiger partial charge on any atom is 0.335 e. The van der Waals surface area contributed by atoms with Crippen LogP contribution in [0.1, 0.15) is 31.8 Å². The number of non-ortho nitro benzene ring substituents is 1. The Labute approximate surface area is 160 Å². The molecule has 0 saturated carbocycles. The number of fused-ring (bicyclic) bond motifs is 1. The minimum Gasteiger partial charge on any atom is -0.493 e. The maximum absolute atomic E-state index is 12.9. The summed E-state index contributed by atoms with van der Waals surface area (Å²) >= 11 is 0. The highest BCUT2D eigenvalue weighted by Gasteiger charge is 2.26. The fourth-order valence-corrected chi connectivity index (χ4v) is 3.20. The third-order valence-electron chi connectivity index (χ3n) is 4.63. The number of carboxylic acids is 1. The maximum atomic E-state index is 12.9. The summed E-state index contributed by atoms with van der Waals surface area (Å²) in [6, 6.07) is 6.85. The van der Waals surface area contributed by atoms with Crippen molar-refractivity contribution in [1.82, 2.24) is 4.90 Å². The molecule has 0 atom stereocenters. The lowest BCUT2D eigenvalue weighted by Gasteiger charge is -2.29. The molecule has 0 radical (unpaired) electrons. The third kappa shape index (κ3) is 3.59. The Hall–Kier alpha value is -3.62. The van der Waals surface area contributed by atoms with Gasteiger partial charge in [-0.05, 0) is 35.7 Å². The Morgan fingerprint density at radius 3 is 2.21 bits per heavy atom. The molecule has 0 spiro atoms. The topological polar surface area (TPSA) is 119 Å². The molecule has 1 aliphatic rings. The summed E-state index contributed by atoms with van der Waals surface area (Å²) in [5.41, 5.74) is 1.12. The minimum atomic E-state index is -1.33. The molecular formula is C19H18N2O7. The number of carboxylic acid groups (broad SMARTS) is 1. The van der Waals surface area contributed by atoms with E-state index >= 15 is 0 Å². The van der Waals surface area contributed by atoms with Crippen LogP contribution in [0.5, 0.6) is 11.5 Å². The zero-order valence-corrected chi connectivity index (χ0v) is 15.3.